The lowest BCUT2D eigenvalue weighted by Gasteiger charge is -2.51. The number of fused-ring (bicyclic) bond motifs is 1. The Kier molecular flexibility index (Phi) is 6.45. The second kappa shape index (κ2) is 9.64. The van der Waals surface area contributed by atoms with Crippen LogP contribution in [-0.4, -0.2) is 64.7 Å². The molecule has 6 rings (SSSR count). The summed E-state index contributed by atoms with van der Waals surface area (Å²) < 4.78 is 34.3. The van der Waals surface area contributed by atoms with Crippen molar-refractivity contribution in [3.63, 3.8) is 0 Å². The number of alkyl halides is 2. The van der Waals surface area contributed by atoms with Crippen molar-refractivity contribution in [2.45, 2.75) is 94.9 Å². The number of carbonyl (C=O) groups excluding carboxylic acids is 3. The van der Waals surface area contributed by atoms with Crippen LogP contribution in [0.2, 0.25) is 0 Å². The van der Waals surface area contributed by atoms with Gasteiger partial charge < -0.3 is 9.64 Å². The number of carbonyl (C=O) groups is 3. The number of likely N-dealkylation sites (tertiary alicyclic amines) is 1. The molecule has 1 aromatic carbocycles. The smallest absolute Gasteiger partial charge is 0.255 e. The van der Waals surface area contributed by atoms with Gasteiger partial charge in [-0.1, -0.05) is 6.42 Å². The quantitative estimate of drug-likeness (QED) is 0.602. The molecule has 37 heavy (non-hydrogen) atoms. The van der Waals surface area contributed by atoms with E-state index in [9.17, 15) is 23.2 Å². The Morgan fingerprint density at radius 3 is 2.57 bits per heavy atom. The van der Waals surface area contributed by atoms with Crippen LogP contribution >= 0.6 is 0 Å². The molecule has 2 saturated heterocycles. The van der Waals surface area contributed by atoms with Gasteiger partial charge >= 0.3 is 0 Å². The molecule has 0 aromatic heterocycles. The lowest BCUT2D eigenvalue weighted by atomic mass is 9.74. The topological polar surface area (TPSA) is 79.0 Å². The molecule has 2 aliphatic carbocycles. The molecule has 2 unspecified atom stereocenters. The standard InChI is InChI=1S/C28H35F2N3O4/c29-28(30)11-3-4-17(13-28)19-14-32(15-19)22-5-1-2-6-24(22)37-20-7-8-21-18(12-20)16-33(27(21)36)23-9-10-25(34)31-26(23)35/h7-8,12,17,19,22-24H,1-6,9-11,13-16H2,(H,31,34,35)/t17?,22-,23?,24-/m1/s1. The van der Waals surface area contributed by atoms with E-state index in [-0.39, 0.29) is 49.1 Å². The van der Waals surface area contributed by atoms with E-state index in [0.717, 1.165) is 56.5 Å². The number of hydrogen-bond acceptors (Lipinski definition) is 5. The minimum atomic E-state index is -2.50. The molecule has 4 atom stereocenters. The Hall–Kier alpha value is -2.55. The maximum atomic E-state index is 13.9. The van der Waals surface area contributed by atoms with E-state index in [1.807, 2.05) is 12.1 Å². The molecule has 3 heterocycles. The van der Waals surface area contributed by atoms with Crippen LogP contribution in [0.25, 0.3) is 0 Å². The van der Waals surface area contributed by atoms with Crippen molar-refractivity contribution in [2.24, 2.45) is 11.8 Å². The highest BCUT2D eigenvalue weighted by molar-refractivity contribution is 6.05. The highest BCUT2D eigenvalue weighted by atomic mass is 19.3. The Labute approximate surface area is 215 Å². The van der Waals surface area contributed by atoms with Gasteiger partial charge in [-0.05, 0) is 74.1 Å². The molecule has 7 nitrogen and oxygen atoms in total. The Morgan fingerprint density at radius 2 is 1.78 bits per heavy atom. The summed E-state index contributed by atoms with van der Waals surface area (Å²) in [5.74, 6) is -2.19. The molecule has 9 heteroatoms. The zero-order valence-corrected chi connectivity index (χ0v) is 21.1. The number of hydrogen-bond donors (Lipinski definition) is 1. The number of nitrogens with one attached hydrogen (secondary N) is 1. The predicted octanol–water partition coefficient (Wildman–Crippen LogP) is 3.89. The van der Waals surface area contributed by atoms with Crippen molar-refractivity contribution in [3.8, 4) is 5.75 Å². The highest BCUT2D eigenvalue weighted by Crippen LogP contribution is 2.44. The maximum absolute atomic E-state index is 13.9. The van der Waals surface area contributed by atoms with Gasteiger partial charge in [0.15, 0.2) is 0 Å². The molecule has 3 aliphatic heterocycles. The summed E-state index contributed by atoms with van der Waals surface area (Å²) in [4.78, 5) is 40.8. The lowest BCUT2D eigenvalue weighted by molar-refractivity contribution is -0.136. The number of ether oxygens (including phenoxy) is 1. The van der Waals surface area contributed by atoms with Crippen LogP contribution in [0.4, 0.5) is 8.78 Å². The van der Waals surface area contributed by atoms with Gasteiger partial charge in [0.25, 0.3) is 5.91 Å². The van der Waals surface area contributed by atoms with Crippen molar-refractivity contribution in [1.29, 1.82) is 0 Å². The minimum Gasteiger partial charge on any atom is -0.489 e. The van der Waals surface area contributed by atoms with E-state index < -0.39 is 17.9 Å². The molecular formula is C28H35F2N3O4. The van der Waals surface area contributed by atoms with Gasteiger partial charge in [-0.2, -0.15) is 0 Å². The third-order valence-corrected chi connectivity index (χ3v) is 9.20. The average molecular weight is 516 g/mol. The SMILES string of the molecule is O=C1CCC(N2Cc3cc(O[C@@H]4CCCC[C@H]4N4CC(C5CCCC(F)(F)C5)C4)ccc3C2=O)C(=O)N1. The molecule has 200 valence electrons. The van der Waals surface area contributed by atoms with Crippen LogP contribution in [0.3, 0.4) is 0 Å². The molecule has 4 fully saturated rings. The lowest BCUT2D eigenvalue weighted by Crippen LogP contribution is -2.60. The van der Waals surface area contributed by atoms with Crippen LogP contribution in [0.1, 0.15) is 80.1 Å². The fourth-order valence-electron chi connectivity index (χ4n) is 7.16. The molecule has 1 N–H and O–H groups in total. The molecule has 2 saturated carbocycles. The number of amides is 3. The first-order valence-electron chi connectivity index (χ1n) is 13.8. The first kappa shape index (κ1) is 24.8. The van der Waals surface area contributed by atoms with Crippen molar-refractivity contribution in [1.82, 2.24) is 15.1 Å². The fraction of sp³-hybridized carbons (Fsp3) is 0.679. The van der Waals surface area contributed by atoms with Gasteiger partial charge in [0.1, 0.15) is 17.9 Å². The second-order valence-electron chi connectivity index (χ2n) is 11.7. The summed E-state index contributed by atoms with van der Waals surface area (Å²) in [5.41, 5.74) is 1.41. The predicted molar refractivity (Wildman–Crippen MR) is 131 cm³/mol. The summed E-state index contributed by atoms with van der Waals surface area (Å²) >= 11 is 0. The van der Waals surface area contributed by atoms with E-state index in [2.05, 4.69) is 10.2 Å². The first-order chi connectivity index (χ1) is 17.8. The molecular weight excluding hydrogens is 480 g/mol. The van der Waals surface area contributed by atoms with Crippen LogP contribution in [0.15, 0.2) is 18.2 Å². The summed E-state index contributed by atoms with van der Waals surface area (Å²) in [7, 11) is 0. The van der Waals surface area contributed by atoms with Crippen LogP contribution < -0.4 is 10.1 Å². The number of piperidine rings is 1. The normalized spacial score (nSPS) is 32.6. The largest absolute Gasteiger partial charge is 0.489 e. The summed E-state index contributed by atoms with van der Waals surface area (Å²) in [5, 5.41) is 2.34. The van der Waals surface area contributed by atoms with Crippen molar-refractivity contribution in [2.75, 3.05) is 13.1 Å². The number of benzene rings is 1. The van der Waals surface area contributed by atoms with E-state index in [1.54, 1.807) is 11.0 Å². The van der Waals surface area contributed by atoms with Crippen molar-refractivity contribution in [3.05, 3.63) is 29.3 Å². The van der Waals surface area contributed by atoms with Crippen molar-refractivity contribution < 1.29 is 27.9 Å². The molecule has 5 aliphatic rings. The van der Waals surface area contributed by atoms with Gasteiger partial charge in [-0.3, -0.25) is 24.6 Å². The molecule has 1 aromatic rings. The fourth-order valence-corrected chi connectivity index (χ4v) is 7.16. The molecule has 0 radical (unpaired) electrons. The number of halogens is 2. The van der Waals surface area contributed by atoms with Gasteiger partial charge in [0, 0.05) is 50.5 Å². The monoisotopic (exact) mass is 515 g/mol. The second-order valence-corrected chi connectivity index (χ2v) is 11.7. The Morgan fingerprint density at radius 1 is 0.973 bits per heavy atom. The van der Waals surface area contributed by atoms with E-state index >= 15 is 0 Å². The van der Waals surface area contributed by atoms with Gasteiger partial charge in [-0.15, -0.1) is 0 Å². The van der Waals surface area contributed by atoms with Crippen molar-refractivity contribution >= 4 is 17.7 Å². The first-order valence-corrected chi connectivity index (χ1v) is 13.8. The number of nitrogens with zero attached hydrogens (tertiary/aromatic N) is 2. The average Bonchev–Trinajstić information content (AvgIpc) is 3.14. The molecule has 3 amide bonds. The summed E-state index contributed by atoms with van der Waals surface area (Å²) in [6.45, 7) is 2.08. The van der Waals surface area contributed by atoms with Crippen LogP contribution in [0.5, 0.6) is 5.75 Å². The third-order valence-electron chi connectivity index (χ3n) is 9.20. The van der Waals surface area contributed by atoms with E-state index in [1.165, 1.54) is 0 Å². The molecule has 0 bridgehead atoms. The Bertz CT molecular complexity index is 1090. The molecule has 0 spiro atoms. The van der Waals surface area contributed by atoms with E-state index in [0.29, 0.717) is 30.9 Å². The summed E-state index contributed by atoms with van der Waals surface area (Å²) in [6, 6.07) is 5.17. The third kappa shape index (κ3) is 4.87. The Balaban J connectivity index is 1.09. The number of imide groups is 1. The van der Waals surface area contributed by atoms with Gasteiger partial charge in [0.2, 0.25) is 17.7 Å². The maximum Gasteiger partial charge on any atom is 0.255 e. The zero-order chi connectivity index (χ0) is 25.7. The van der Waals surface area contributed by atoms with Crippen LogP contribution in [0, 0.1) is 11.8 Å². The van der Waals surface area contributed by atoms with E-state index in [4.69, 9.17) is 4.74 Å². The minimum absolute atomic E-state index is 0.0314. The van der Waals surface area contributed by atoms with Gasteiger partial charge in [0.05, 0.1) is 0 Å². The number of rotatable bonds is 5. The summed E-state index contributed by atoms with van der Waals surface area (Å²) in [6.07, 6.45) is 6.47. The highest BCUT2D eigenvalue weighted by Gasteiger charge is 2.46. The zero-order valence-electron chi connectivity index (χ0n) is 21.1. The van der Waals surface area contributed by atoms with Gasteiger partial charge in [-0.25, -0.2) is 8.78 Å². The van der Waals surface area contributed by atoms with Crippen LogP contribution in [-0.2, 0) is 16.1 Å².